The predicted molar refractivity (Wildman–Crippen MR) is 130 cm³/mol. The third kappa shape index (κ3) is 5.52. The molecule has 2 heterocycles. The zero-order valence-corrected chi connectivity index (χ0v) is 20.3. The van der Waals surface area contributed by atoms with E-state index in [0.717, 1.165) is 43.4 Å². The second-order valence-electron chi connectivity index (χ2n) is 8.01. The summed E-state index contributed by atoms with van der Waals surface area (Å²) in [5.41, 5.74) is 1.79. The Morgan fingerprint density at radius 3 is 2.45 bits per heavy atom. The number of anilines is 1. The first-order valence-electron chi connectivity index (χ1n) is 10.8. The van der Waals surface area contributed by atoms with Gasteiger partial charge in [-0.2, -0.15) is 0 Å². The number of rotatable bonds is 8. The van der Waals surface area contributed by atoms with Crippen LogP contribution in [-0.2, 0) is 10.0 Å². The molecule has 1 aliphatic heterocycles. The fourth-order valence-corrected chi connectivity index (χ4v) is 5.65. The minimum absolute atomic E-state index is 0.192. The summed E-state index contributed by atoms with van der Waals surface area (Å²) in [6.07, 6.45) is 1.62. The number of methoxy groups -OCH3 is 1. The van der Waals surface area contributed by atoms with Gasteiger partial charge in [0.05, 0.1) is 24.3 Å². The van der Waals surface area contributed by atoms with Crippen molar-refractivity contribution in [2.75, 3.05) is 44.7 Å². The largest absolute Gasteiger partial charge is 0.497 e. The summed E-state index contributed by atoms with van der Waals surface area (Å²) >= 11 is 6.04. The number of benzene rings is 2. The van der Waals surface area contributed by atoms with Crippen LogP contribution in [-0.4, -0.2) is 53.2 Å². The van der Waals surface area contributed by atoms with Crippen molar-refractivity contribution in [3.63, 3.8) is 0 Å². The lowest BCUT2D eigenvalue weighted by Gasteiger charge is -2.39. The van der Waals surface area contributed by atoms with E-state index in [9.17, 15) is 8.42 Å². The van der Waals surface area contributed by atoms with Gasteiger partial charge in [0.2, 0.25) is 10.0 Å². The van der Waals surface area contributed by atoms with E-state index in [1.54, 1.807) is 32.4 Å². The number of nitrogens with zero attached hydrogens (tertiary/aromatic N) is 2. The molecule has 33 heavy (non-hydrogen) atoms. The Morgan fingerprint density at radius 2 is 1.82 bits per heavy atom. The number of ether oxygens (including phenoxy) is 1. The number of piperazine rings is 1. The SMILES string of the molecule is COc1ccc(N2CCN(C(CNS(=O)(=O)c3cc(Cl)ccc3C)c3ccco3)CC2)cc1. The Morgan fingerprint density at radius 1 is 1.09 bits per heavy atom. The summed E-state index contributed by atoms with van der Waals surface area (Å²) in [7, 11) is -2.07. The normalized spacial score (nSPS) is 16.0. The van der Waals surface area contributed by atoms with Gasteiger partial charge in [0.15, 0.2) is 0 Å². The Bertz CT molecular complexity index is 1160. The highest BCUT2D eigenvalue weighted by atomic mass is 35.5. The van der Waals surface area contributed by atoms with Crippen LogP contribution in [0.25, 0.3) is 0 Å². The van der Waals surface area contributed by atoms with Crippen LogP contribution in [0.4, 0.5) is 5.69 Å². The monoisotopic (exact) mass is 489 g/mol. The van der Waals surface area contributed by atoms with E-state index in [0.29, 0.717) is 10.6 Å². The van der Waals surface area contributed by atoms with Crippen molar-refractivity contribution in [2.45, 2.75) is 17.9 Å². The first-order chi connectivity index (χ1) is 15.9. The van der Waals surface area contributed by atoms with Gasteiger partial charge in [-0.05, 0) is 61.0 Å². The highest BCUT2D eigenvalue weighted by molar-refractivity contribution is 7.89. The zero-order chi connectivity index (χ0) is 23.4. The highest BCUT2D eigenvalue weighted by Crippen LogP contribution is 2.27. The Hall–Kier alpha value is -2.52. The average molecular weight is 490 g/mol. The van der Waals surface area contributed by atoms with Crippen molar-refractivity contribution < 1.29 is 17.6 Å². The lowest BCUT2D eigenvalue weighted by molar-refractivity contribution is 0.166. The molecule has 1 atom stereocenters. The second kappa shape index (κ2) is 10.2. The van der Waals surface area contributed by atoms with Gasteiger partial charge < -0.3 is 14.1 Å². The van der Waals surface area contributed by atoms with Gasteiger partial charge in [0.1, 0.15) is 11.5 Å². The van der Waals surface area contributed by atoms with Gasteiger partial charge in [0.25, 0.3) is 0 Å². The van der Waals surface area contributed by atoms with Gasteiger partial charge in [-0.15, -0.1) is 0 Å². The molecule has 1 N–H and O–H groups in total. The lowest BCUT2D eigenvalue weighted by Crippen LogP contribution is -2.49. The molecule has 176 valence electrons. The van der Waals surface area contributed by atoms with Crippen LogP contribution in [0.15, 0.2) is 70.2 Å². The maximum atomic E-state index is 13.0. The molecule has 1 unspecified atom stereocenters. The van der Waals surface area contributed by atoms with Crippen molar-refractivity contribution in [1.82, 2.24) is 9.62 Å². The van der Waals surface area contributed by atoms with E-state index in [1.807, 2.05) is 24.3 Å². The molecule has 0 bridgehead atoms. The Labute approximate surface area is 200 Å². The number of sulfonamides is 1. The molecule has 1 fully saturated rings. The van der Waals surface area contributed by atoms with E-state index >= 15 is 0 Å². The maximum Gasteiger partial charge on any atom is 0.240 e. The number of nitrogens with one attached hydrogen (secondary N) is 1. The van der Waals surface area contributed by atoms with E-state index in [4.69, 9.17) is 20.8 Å². The molecule has 0 saturated carbocycles. The predicted octanol–water partition coefficient (Wildman–Crippen LogP) is 4.09. The number of halogens is 1. The third-order valence-corrected chi connectivity index (χ3v) is 7.77. The third-order valence-electron chi connectivity index (χ3n) is 5.97. The molecule has 7 nitrogen and oxygen atoms in total. The summed E-state index contributed by atoms with van der Waals surface area (Å²) in [5, 5.41) is 0.387. The van der Waals surface area contributed by atoms with Gasteiger partial charge in [-0.25, -0.2) is 13.1 Å². The quantitative estimate of drug-likeness (QED) is 0.513. The smallest absolute Gasteiger partial charge is 0.240 e. The van der Waals surface area contributed by atoms with E-state index < -0.39 is 10.0 Å². The minimum Gasteiger partial charge on any atom is -0.497 e. The molecule has 0 radical (unpaired) electrons. The highest BCUT2D eigenvalue weighted by Gasteiger charge is 2.29. The van der Waals surface area contributed by atoms with Crippen LogP contribution < -0.4 is 14.4 Å². The zero-order valence-electron chi connectivity index (χ0n) is 18.7. The average Bonchev–Trinajstić information content (AvgIpc) is 3.36. The molecule has 0 spiro atoms. The van der Waals surface area contributed by atoms with Crippen LogP contribution in [0.3, 0.4) is 0 Å². The number of aryl methyl sites for hydroxylation is 1. The summed E-state index contributed by atoms with van der Waals surface area (Å²) in [6.45, 7) is 5.15. The fourth-order valence-electron chi connectivity index (χ4n) is 4.11. The Balaban J connectivity index is 1.46. The molecular formula is C24H28ClN3O4S. The van der Waals surface area contributed by atoms with Crippen molar-refractivity contribution in [3.8, 4) is 5.75 Å². The summed E-state index contributed by atoms with van der Waals surface area (Å²) in [6, 6.07) is 16.4. The van der Waals surface area contributed by atoms with Crippen LogP contribution in [0.1, 0.15) is 17.4 Å². The van der Waals surface area contributed by atoms with Crippen LogP contribution in [0, 0.1) is 6.92 Å². The van der Waals surface area contributed by atoms with Gasteiger partial charge in [-0.3, -0.25) is 4.90 Å². The van der Waals surface area contributed by atoms with Gasteiger partial charge >= 0.3 is 0 Å². The van der Waals surface area contributed by atoms with Crippen LogP contribution >= 0.6 is 11.6 Å². The van der Waals surface area contributed by atoms with E-state index in [-0.39, 0.29) is 17.5 Å². The topological polar surface area (TPSA) is 75.0 Å². The summed E-state index contributed by atoms with van der Waals surface area (Å²) in [5.74, 6) is 1.57. The molecule has 1 aromatic heterocycles. The minimum atomic E-state index is -3.72. The Kier molecular flexibility index (Phi) is 7.29. The molecular weight excluding hydrogens is 462 g/mol. The molecule has 0 aliphatic carbocycles. The first-order valence-corrected chi connectivity index (χ1v) is 12.7. The van der Waals surface area contributed by atoms with E-state index in [1.165, 1.54) is 6.07 Å². The van der Waals surface area contributed by atoms with Crippen LogP contribution in [0.5, 0.6) is 5.75 Å². The molecule has 1 aliphatic rings. The van der Waals surface area contributed by atoms with E-state index in [2.05, 4.69) is 26.7 Å². The molecule has 1 saturated heterocycles. The van der Waals surface area contributed by atoms with Crippen molar-refractivity contribution in [2.24, 2.45) is 0 Å². The number of hydrogen-bond acceptors (Lipinski definition) is 6. The molecule has 2 aromatic carbocycles. The van der Waals surface area contributed by atoms with Crippen LogP contribution in [0.2, 0.25) is 5.02 Å². The maximum absolute atomic E-state index is 13.0. The molecule has 9 heteroatoms. The fraction of sp³-hybridized carbons (Fsp3) is 0.333. The summed E-state index contributed by atoms with van der Waals surface area (Å²) in [4.78, 5) is 4.76. The lowest BCUT2D eigenvalue weighted by atomic mass is 10.1. The molecule has 3 aromatic rings. The standard InChI is InChI=1S/C24H28ClN3O4S/c1-18-5-6-19(25)16-24(18)33(29,30)26-17-22(23-4-3-15-32-23)28-13-11-27(12-14-28)20-7-9-21(31-2)10-8-20/h3-10,15-16,22,26H,11-14,17H2,1-2H3. The second-order valence-corrected chi connectivity index (χ2v) is 10.2. The van der Waals surface area contributed by atoms with Crippen molar-refractivity contribution in [1.29, 1.82) is 0 Å². The molecule has 4 rings (SSSR count). The first kappa shape index (κ1) is 23.6. The number of hydrogen-bond donors (Lipinski definition) is 1. The molecule has 0 amide bonds. The van der Waals surface area contributed by atoms with Gasteiger partial charge in [-0.1, -0.05) is 17.7 Å². The summed E-state index contributed by atoms with van der Waals surface area (Å²) < 4.78 is 39.7. The number of furan rings is 1. The van der Waals surface area contributed by atoms with Gasteiger partial charge in [0, 0.05) is 43.4 Å². The van der Waals surface area contributed by atoms with Crippen molar-refractivity contribution in [3.05, 3.63) is 77.2 Å². The van der Waals surface area contributed by atoms with Crippen molar-refractivity contribution >= 4 is 27.3 Å².